The van der Waals surface area contributed by atoms with Gasteiger partial charge in [-0.1, -0.05) is 43.6 Å². The Morgan fingerprint density at radius 1 is 1.19 bits per heavy atom. The fourth-order valence-electron chi connectivity index (χ4n) is 2.77. The molecule has 0 atom stereocenters. The van der Waals surface area contributed by atoms with Crippen LogP contribution in [0.4, 0.5) is 10.5 Å². The van der Waals surface area contributed by atoms with E-state index < -0.39 is 21.6 Å². The zero-order valence-corrected chi connectivity index (χ0v) is 19.6. The summed E-state index contributed by atoms with van der Waals surface area (Å²) in [7, 11) is -3.42. The summed E-state index contributed by atoms with van der Waals surface area (Å²) in [6, 6.07) is 3.55. The topological polar surface area (TPSA) is 134 Å². The highest BCUT2D eigenvalue weighted by atomic mass is 35.5. The molecule has 0 saturated heterocycles. The Kier molecular flexibility index (Phi) is 6.63. The third kappa shape index (κ3) is 5.29. The molecular formula is C19H19Cl2N5O5S. The predicted octanol–water partition coefficient (Wildman–Crippen LogP) is 3.44. The zero-order chi connectivity index (χ0) is 23.8. The van der Waals surface area contributed by atoms with Crippen molar-refractivity contribution in [3.8, 4) is 11.6 Å². The number of allylic oxidation sites excluding steroid dienone is 1. The van der Waals surface area contributed by atoms with Gasteiger partial charge in [0, 0.05) is 17.9 Å². The molecule has 0 unspecified atom stereocenters. The van der Waals surface area contributed by atoms with Crippen molar-refractivity contribution in [2.24, 2.45) is 5.10 Å². The van der Waals surface area contributed by atoms with Crippen LogP contribution in [0.25, 0.3) is 0 Å². The molecule has 2 aromatic rings. The van der Waals surface area contributed by atoms with Crippen LogP contribution in [0.5, 0.6) is 11.6 Å². The summed E-state index contributed by atoms with van der Waals surface area (Å²) in [6.07, 6.45) is 1.04. The van der Waals surface area contributed by atoms with Gasteiger partial charge in [0.2, 0.25) is 5.88 Å². The first-order valence-corrected chi connectivity index (χ1v) is 12.0. The van der Waals surface area contributed by atoms with Crippen molar-refractivity contribution in [1.82, 2.24) is 15.5 Å². The van der Waals surface area contributed by atoms with E-state index in [-0.39, 0.29) is 50.2 Å². The number of benzene rings is 1. The Bertz CT molecular complexity index is 1280. The minimum atomic E-state index is -3.42. The monoisotopic (exact) mass is 499 g/mol. The number of halogens is 2. The van der Waals surface area contributed by atoms with Gasteiger partial charge >= 0.3 is 6.03 Å². The molecule has 3 rings (SSSR count). The highest BCUT2D eigenvalue weighted by Gasteiger charge is 2.27. The van der Waals surface area contributed by atoms with Gasteiger partial charge in [0.15, 0.2) is 15.6 Å². The van der Waals surface area contributed by atoms with Gasteiger partial charge < -0.3 is 10.1 Å². The lowest BCUT2D eigenvalue weighted by Crippen LogP contribution is -2.44. The second-order valence-electron chi connectivity index (χ2n) is 7.32. The third-order valence-corrected chi connectivity index (χ3v) is 5.64. The van der Waals surface area contributed by atoms with Crippen LogP contribution in [-0.4, -0.2) is 42.4 Å². The van der Waals surface area contributed by atoms with Crippen LogP contribution in [0.1, 0.15) is 25.3 Å². The number of rotatable bonds is 6. The van der Waals surface area contributed by atoms with Gasteiger partial charge in [-0.2, -0.15) is 10.1 Å². The second-order valence-corrected chi connectivity index (χ2v) is 10.3. The number of anilines is 1. The van der Waals surface area contributed by atoms with E-state index in [0.717, 1.165) is 11.3 Å². The van der Waals surface area contributed by atoms with Crippen molar-refractivity contribution < 1.29 is 17.9 Å². The fraction of sp³-hybridized carbons (Fsp3) is 0.263. The summed E-state index contributed by atoms with van der Waals surface area (Å²) in [5, 5.41) is 13.7. The van der Waals surface area contributed by atoms with Gasteiger partial charge in [-0.05, 0) is 18.1 Å². The van der Waals surface area contributed by atoms with E-state index in [2.05, 4.69) is 27.2 Å². The molecule has 0 bridgehead atoms. The molecule has 0 fully saturated rings. The maximum Gasteiger partial charge on any atom is 0.347 e. The molecule has 1 aliphatic heterocycles. The third-order valence-electron chi connectivity index (χ3n) is 4.28. The predicted molar refractivity (Wildman–Crippen MR) is 123 cm³/mol. The van der Waals surface area contributed by atoms with Gasteiger partial charge in [-0.25, -0.2) is 18.3 Å². The van der Waals surface area contributed by atoms with E-state index in [0.29, 0.717) is 5.56 Å². The number of ether oxygens (including phenoxy) is 1. The molecule has 170 valence electrons. The Hall–Kier alpha value is -2.89. The van der Waals surface area contributed by atoms with E-state index in [1.54, 1.807) is 0 Å². The maximum atomic E-state index is 12.4. The molecule has 10 nitrogen and oxygen atoms in total. The lowest BCUT2D eigenvalue weighted by molar-refractivity contribution is 0.248. The van der Waals surface area contributed by atoms with Crippen LogP contribution in [-0.2, 0) is 9.84 Å². The van der Waals surface area contributed by atoms with Crippen molar-refractivity contribution >= 4 is 50.5 Å². The van der Waals surface area contributed by atoms with Crippen LogP contribution in [0.3, 0.4) is 0 Å². The van der Waals surface area contributed by atoms with Crippen LogP contribution in [0, 0.1) is 0 Å². The number of sulfone groups is 1. The molecule has 0 saturated carbocycles. The first-order chi connectivity index (χ1) is 14.9. The minimum absolute atomic E-state index is 0.0312. The van der Waals surface area contributed by atoms with Crippen molar-refractivity contribution in [2.45, 2.75) is 19.8 Å². The van der Waals surface area contributed by atoms with E-state index in [9.17, 15) is 18.0 Å². The van der Waals surface area contributed by atoms with E-state index in [1.165, 1.54) is 18.2 Å². The Morgan fingerprint density at radius 3 is 2.38 bits per heavy atom. The molecule has 1 aromatic carbocycles. The Labute approximate surface area is 193 Å². The molecule has 1 aromatic heterocycles. The smallest absolute Gasteiger partial charge is 0.347 e. The number of nitrogens with one attached hydrogen (secondary N) is 2. The standard InChI is InChI=1S/C19H19Cl2N5O5S/c1-9(2)12-7-16(23-24-18(12)27)31-17-13(20)5-11(6-14(17)21)26-19(28)22-10(3)15(25-26)8-32(4,29)30/h5-7,9H,3,8H2,1-2,4H3,(H,22,28)(H,24,27). The van der Waals surface area contributed by atoms with E-state index >= 15 is 0 Å². The second kappa shape index (κ2) is 8.93. The zero-order valence-electron chi connectivity index (χ0n) is 17.3. The Morgan fingerprint density at radius 2 is 1.81 bits per heavy atom. The van der Waals surface area contributed by atoms with Crippen LogP contribution in [0.2, 0.25) is 10.0 Å². The minimum Gasteiger partial charge on any atom is -0.434 e. The first-order valence-electron chi connectivity index (χ1n) is 9.18. The number of hydrogen-bond acceptors (Lipinski definition) is 7. The quantitative estimate of drug-likeness (QED) is 0.624. The fourth-order valence-corrected chi connectivity index (χ4v) is 4.05. The summed E-state index contributed by atoms with van der Waals surface area (Å²) >= 11 is 12.7. The van der Waals surface area contributed by atoms with Crippen molar-refractivity contribution in [3.63, 3.8) is 0 Å². The van der Waals surface area contributed by atoms with Crippen molar-refractivity contribution in [3.05, 3.63) is 56.4 Å². The number of aromatic nitrogens is 2. The molecule has 2 heterocycles. The van der Waals surface area contributed by atoms with E-state index in [4.69, 9.17) is 27.9 Å². The number of carbonyl (C=O) groups is 1. The number of hydrogen-bond donors (Lipinski definition) is 2. The van der Waals surface area contributed by atoms with Gasteiger partial charge in [0.1, 0.15) is 0 Å². The number of urea groups is 1. The summed E-state index contributed by atoms with van der Waals surface area (Å²) < 4.78 is 29.0. The molecule has 0 radical (unpaired) electrons. The van der Waals surface area contributed by atoms with Gasteiger partial charge in [-0.15, -0.1) is 5.10 Å². The summed E-state index contributed by atoms with van der Waals surface area (Å²) in [6.45, 7) is 7.32. The Balaban J connectivity index is 1.97. The molecule has 0 spiro atoms. The number of hydrazone groups is 1. The maximum absolute atomic E-state index is 12.4. The molecule has 2 amide bonds. The first kappa shape index (κ1) is 23.8. The largest absolute Gasteiger partial charge is 0.434 e. The lowest BCUT2D eigenvalue weighted by atomic mass is 10.1. The molecule has 0 aliphatic carbocycles. The van der Waals surface area contributed by atoms with Crippen LogP contribution in [0.15, 0.2) is 40.4 Å². The van der Waals surface area contributed by atoms with Crippen molar-refractivity contribution in [2.75, 3.05) is 17.0 Å². The normalized spacial score (nSPS) is 14.4. The molecular weight excluding hydrogens is 481 g/mol. The average molecular weight is 500 g/mol. The summed E-state index contributed by atoms with van der Waals surface area (Å²) in [4.78, 5) is 24.2. The molecule has 2 N–H and O–H groups in total. The van der Waals surface area contributed by atoms with Gasteiger partial charge in [-0.3, -0.25) is 4.79 Å². The number of nitrogens with zero attached hydrogens (tertiary/aromatic N) is 3. The van der Waals surface area contributed by atoms with Crippen LogP contribution >= 0.6 is 23.2 Å². The highest BCUT2D eigenvalue weighted by Crippen LogP contribution is 2.40. The number of aromatic amines is 1. The summed E-state index contributed by atoms with van der Waals surface area (Å²) in [5.41, 5.74) is 0.454. The van der Waals surface area contributed by atoms with Gasteiger partial charge in [0.25, 0.3) is 5.56 Å². The van der Waals surface area contributed by atoms with Crippen LogP contribution < -0.4 is 20.6 Å². The average Bonchev–Trinajstić information content (AvgIpc) is 2.66. The molecule has 1 aliphatic rings. The van der Waals surface area contributed by atoms with Crippen molar-refractivity contribution in [1.29, 1.82) is 0 Å². The van der Waals surface area contributed by atoms with Gasteiger partial charge in [0.05, 0.1) is 32.9 Å². The number of carbonyl (C=O) groups excluding carboxylic acids is 1. The number of H-pyrrole nitrogens is 1. The molecule has 32 heavy (non-hydrogen) atoms. The summed E-state index contributed by atoms with van der Waals surface area (Å²) in [5.74, 6) is -0.357. The lowest BCUT2D eigenvalue weighted by Gasteiger charge is -2.26. The molecule has 13 heteroatoms. The van der Waals surface area contributed by atoms with E-state index in [1.807, 2.05) is 13.8 Å². The SMILES string of the molecule is C=C1NC(=O)N(c2cc(Cl)c(Oc3cc(C(C)C)c(=O)[nH]n3)c(Cl)c2)N=C1CS(C)(=O)=O. The number of amides is 2. The highest BCUT2D eigenvalue weighted by molar-refractivity contribution is 7.91.